The van der Waals surface area contributed by atoms with Gasteiger partial charge in [0.15, 0.2) is 0 Å². The Hall–Kier alpha value is -0.790. The summed E-state index contributed by atoms with van der Waals surface area (Å²) < 4.78 is 0. The van der Waals surface area contributed by atoms with Gasteiger partial charge in [0, 0.05) is 19.0 Å². The van der Waals surface area contributed by atoms with Crippen molar-refractivity contribution in [1.82, 2.24) is 4.90 Å². The highest BCUT2D eigenvalue weighted by molar-refractivity contribution is 5.77. The fourth-order valence-electron chi connectivity index (χ4n) is 2.73. The van der Waals surface area contributed by atoms with Gasteiger partial charge in [0.25, 0.3) is 0 Å². The lowest BCUT2D eigenvalue weighted by Gasteiger charge is -2.23. The van der Waals surface area contributed by atoms with E-state index in [2.05, 4.69) is 32.3 Å². The average molecular weight is 251 g/mol. The van der Waals surface area contributed by atoms with Gasteiger partial charge in [0.05, 0.1) is 0 Å². The predicted octanol–water partition coefficient (Wildman–Crippen LogP) is 4.02. The SMILES string of the molecule is C=CC(C)CCCC(C)CC(=O)N1CCCC1C. The first kappa shape index (κ1) is 15.3. The number of nitrogens with zero attached hydrogens (tertiary/aromatic N) is 1. The highest BCUT2D eigenvalue weighted by Crippen LogP contribution is 2.21. The summed E-state index contributed by atoms with van der Waals surface area (Å²) in [7, 11) is 0. The molecule has 0 bridgehead atoms. The van der Waals surface area contributed by atoms with Crippen LogP contribution in [0.2, 0.25) is 0 Å². The number of rotatable bonds is 7. The van der Waals surface area contributed by atoms with Crippen LogP contribution in [-0.2, 0) is 4.79 Å². The fraction of sp³-hybridized carbons (Fsp3) is 0.812. The maximum atomic E-state index is 12.1. The second kappa shape index (κ2) is 7.60. The molecule has 0 aliphatic carbocycles. The molecule has 2 nitrogen and oxygen atoms in total. The largest absolute Gasteiger partial charge is 0.340 e. The number of hydrogen-bond acceptors (Lipinski definition) is 1. The molecule has 1 aliphatic heterocycles. The first-order valence-corrected chi connectivity index (χ1v) is 7.46. The molecule has 1 aliphatic rings. The number of carbonyl (C=O) groups is 1. The lowest BCUT2D eigenvalue weighted by Crippen LogP contribution is -2.34. The molecule has 1 amide bonds. The van der Waals surface area contributed by atoms with Crippen molar-refractivity contribution >= 4 is 5.91 Å². The molecule has 0 aromatic heterocycles. The minimum atomic E-state index is 0.365. The molecule has 0 radical (unpaired) electrons. The van der Waals surface area contributed by atoms with Crippen LogP contribution in [0.4, 0.5) is 0 Å². The van der Waals surface area contributed by atoms with Gasteiger partial charge in [-0.3, -0.25) is 4.79 Å². The van der Waals surface area contributed by atoms with Gasteiger partial charge in [0.2, 0.25) is 5.91 Å². The predicted molar refractivity (Wildman–Crippen MR) is 77.4 cm³/mol. The molecular formula is C16H29NO. The quantitative estimate of drug-likeness (QED) is 0.626. The van der Waals surface area contributed by atoms with Crippen molar-refractivity contribution in [3.8, 4) is 0 Å². The van der Waals surface area contributed by atoms with Crippen molar-refractivity contribution in [2.75, 3.05) is 6.54 Å². The number of amides is 1. The molecular weight excluding hydrogens is 222 g/mol. The van der Waals surface area contributed by atoms with E-state index >= 15 is 0 Å². The first-order chi connectivity index (χ1) is 8.54. The Morgan fingerprint density at radius 1 is 1.44 bits per heavy atom. The zero-order valence-corrected chi connectivity index (χ0v) is 12.3. The normalized spacial score (nSPS) is 22.8. The maximum absolute atomic E-state index is 12.1. The Kier molecular flexibility index (Phi) is 6.45. The van der Waals surface area contributed by atoms with Gasteiger partial charge in [-0.25, -0.2) is 0 Å². The van der Waals surface area contributed by atoms with Gasteiger partial charge in [0.1, 0.15) is 0 Å². The van der Waals surface area contributed by atoms with Crippen molar-refractivity contribution in [3.05, 3.63) is 12.7 Å². The Morgan fingerprint density at radius 2 is 2.17 bits per heavy atom. The lowest BCUT2D eigenvalue weighted by atomic mass is 9.96. The third-order valence-electron chi connectivity index (χ3n) is 4.16. The number of hydrogen-bond donors (Lipinski definition) is 0. The molecule has 0 saturated carbocycles. The number of likely N-dealkylation sites (tertiary alicyclic amines) is 1. The zero-order valence-electron chi connectivity index (χ0n) is 12.3. The van der Waals surface area contributed by atoms with Crippen LogP contribution < -0.4 is 0 Å². The lowest BCUT2D eigenvalue weighted by molar-refractivity contribution is -0.132. The van der Waals surface area contributed by atoms with E-state index in [9.17, 15) is 4.79 Å². The van der Waals surface area contributed by atoms with E-state index in [1.165, 1.54) is 25.7 Å². The topological polar surface area (TPSA) is 20.3 Å². The van der Waals surface area contributed by atoms with Crippen LogP contribution in [-0.4, -0.2) is 23.4 Å². The molecule has 18 heavy (non-hydrogen) atoms. The van der Waals surface area contributed by atoms with E-state index in [0.717, 1.165) is 19.4 Å². The molecule has 104 valence electrons. The van der Waals surface area contributed by atoms with E-state index in [-0.39, 0.29) is 0 Å². The zero-order chi connectivity index (χ0) is 13.5. The Balaban J connectivity index is 2.20. The van der Waals surface area contributed by atoms with Gasteiger partial charge in [-0.2, -0.15) is 0 Å². The summed E-state index contributed by atoms with van der Waals surface area (Å²) in [5.74, 6) is 1.48. The second-order valence-corrected chi connectivity index (χ2v) is 6.03. The molecule has 1 saturated heterocycles. The van der Waals surface area contributed by atoms with Crippen molar-refractivity contribution < 1.29 is 4.79 Å². The van der Waals surface area contributed by atoms with Crippen molar-refractivity contribution in [2.45, 2.75) is 65.3 Å². The summed E-state index contributed by atoms with van der Waals surface area (Å²) in [6.45, 7) is 11.4. The summed E-state index contributed by atoms with van der Waals surface area (Å²) >= 11 is 0. The molecule has 0 N–H and O–H groups in total. The van der Waals surface area contributed by atoms with Crippen molar-refractivity contribution in [1.29, 1.82) is 0 Å². The van der Waals surface area contributed by atoms with Crippen LogP contribution in [0.5, 0.6) is 0 Å². The molecule has 3 unspecified atom stereocenters. The molecule has 1 rings (SSSR count). The van der Waals surface area contributed by atoms with Crippen molar-refractivity contribution in [3.63, 3.8) is 0 Å². The van der Waals surface area contributed by atoms with E-state index in [1.807, 2.05) is 6.08 Å². The molecule has 2 heteroatoms. The fourth-order valence-corrected chi connectivity index (χ4v) is 2.73. The Morgan fingerprint density at radius 3 is 2.72 bits per heavy atom. The van der Waals surface area contributed by atoms with Gasteiger partial charge in [-0.15, -0.1) is 6.58 Å². The molecule has 3 atom stereocenters. The van der Waals surface area contributed by atoms with E-state index < -0.39 is 0 Å². The van der Waals surface area contributed by atoms with Crippen LogP contribution in [0, 0.1) is 11.8 Å². The average Bonchev–Trinajstić information content (AvgIpc) is 2.75. The van der Waals surface area contributed by atoms with Crippen LogP contribution in [0.15, 0.2) is 12.7 Å². The monoisotopic (exact) mass is 251 g/mol. The maximum Gasteiger partial charge on any atom is 0.223 e. The number of allylic oxidation sites excluding steroid dienone is 1. The van der Waals surface area contributed by atoms with Gasteiger partial charge in [-0.05, 0) is 38.0 Å². The minimum absolute atomic E-state index is 0.365. The Bertz CT molecular complexity index is 274. The van der Waals surface area contributed by atoms with Crippen LogP contribution in [0.1, 0.15) is 59.3 Å². The van der Waals surface area contributed by atoms with Gasteiger partial charge >= 0.3 is 0 Å². The van der Waals surface area contributed by atoms with Crippen LogP contribution in [0.3, 0.4) is 0 Å². The standard InChI is InChI=1S/C16H29NO/c1-5-13(2)8-6-9-14(3)12-16(18)17-11-7-10-15(17)4/h5,13-15H,1,6-12H2,2-4H3. The van der Waals surface area contributed by atoms with E-state index in [0.29, 0.717) is 23.8 Å². The van der Waals surface area contributed by atoms with Crippen LogP contribution in [0.25, 0.3) is 0 Å². The summed E-state index contributed by atoms with van der Waals surface area (Å²) in [5, 5.41) is 0. The second-order valence-electron chi connectivity index (χ2n) is 6.03. The third-order valence-corrected chi connectivity index (χ3v) is 4.16. The minimum Gasteiger partial charge on any atom is -0.340 e. The van der Waals surface area contributed by atoms with Gasteiger partial charge in [-0.1, -0.05) is 32.8 Å². The highest BCUT2D eigenvalue weighted by atomic mass is 16.2. The third kappa shape index (κ3) is 4.83. The molecule has 1 heterocycles. The first-order valence-electron chi connectivity index (χ1n) is 7.46. The number of carbonyl (C=O) groups excluding carboxylic acids is 1. The molecule has 0 aromatic rings. The molecule has 0 aromatic carbocycles. The van der Waals surface area contributed by atoms with Gasteiger partial charge < -0.3 is 4.90 Å². The smallest absolute Gasteiger partial charge is 0.223 e. The summed E-state index contributed by atoms with van der Waals surface area (Å²) in [5.41, 5.74) is 0. The Labute approximate surface area is 112 Å². The molecule has 1 fully saturated rings. The highest BCUT2D eigenvalue weighted by Gasteiger charge is 2.25. The van der Waals surface area contributed by atoms with Crippen molar-refractivity contribution in [2.24, 2.45) is 11.8 Å². The van der Waals surface area contributed by atoms with E-state index in [4.69, 9.17) is 0 Å². The van der Waals surface area contributed by atoms with Crippen LogP contribution >= 0.6 is 0 Å². The summed E-state index contributed by atoms with van der Waals surface area (Å²) in [6.07, 6.45) is 8.66. The molecule has 0 spiro atoms. The summed E-state index contributed by atoms with van der Waals surface area (Å²) in [4.78, 5) is 14.2. The summed E-state index contributed by atoms with van der Waals surface area (Å²) in [6, 6.07) is 0.463. The van der Waals surface area contributed by atoms with E-state index in [1.54, 1.807) is 0 Å².